The summed E-state index contributed by atoms with van der Waals surface area (Å²) in [6.45, 7) is 1.54. The van der Waals surface area contributed by atoms with Crippen molar-refractivity contribution in [3.05, 3.63) is 0 Å². The number of ether oxygens (including phenoxy) is 1. The number of ketones is 1. The van der Waals surface area contributed by atoms with Gasteiger partial charge in [0.2, 0.25) is 0 Å². The lowest BCUT2D eigenvalue weighted by molar-refractivity contribution is -0.118. The molecular formula is C6H12O5S. The Bertz CT molecular complexity index is 230. The predicted octanol–water partition coefficient (Wildman–Crippen LogP) is -0.130. The molecule has 0 fully saturated rings. The molecule has 0 aromatic rings. The van der Waals surface area contributed by atoms with Crippen molar-refractivity contribution in [1.29, 1.82) is 0 Å². The van der Waals surface area contributed by atoms with E-state index >= 15 is 0 Å². The molecule has 0 spiro atoms. The fourth-order valence-electron chi connectivity index (χ4n) is 0.482. The molecule has 0 saturated heterocycles. The SMILES string of the molecule is CC(=O)CCOCCS(=O)(=O)O. The van der Waals surface area contributed by atoms with Crippen LogP contribution in [0.1, 0.15) is 13.3 Å². The Balaban J connectivity index is 3.29. The Labute approximate surface area is 71.5 Å². The van der Waals surface area contributed by atoms with Gasteiger partial charge in [-0.3, -0.25) is 9.35 Å². The summed E-state index contributed by atoms with van der Waals surface area (Å²) in [7, 11) is -3.93. The van der Waals surface area contributed by atoms with Crippen molar-refractivity contribution in [2.24, 2.45) is 0 Å². The van der Waals surface area contributed by atoms with Crippen molar-refractivity contribution in [2.45, 2.75) is 13.3 Å². The van der Waals surface area contributed by atoms with E-state index in [9.17, 15) is 13.2 Å². The molecule has 0 heterocycles. The Hall–Kier alpha value is -0.460. The lowest BCUT2D eigenvalue weighted by Crippen LogP contribution is -2.12. The average molecular weight is 196 g/mol. The lowest BCUT2D eigenvalue weighted by atomic mass is 10.3. The van der Waals surface area contributed by atoms with Crippen molar-refractivity contribution in [1.82, 2.24) is 0 Å². The van der Waals surface area contributed by atoms with Crippen molar-refractivity contribution in [2.75, 3.05) is 19.0 Å². The molecule has 0 atom stereocenters. The van der Waals surface area contributed by atoms with E-state index < -0.39 is 15.9 Å². The summed E-state index contributed by atoms with van der Waals surface area (Å²) in [5.41, 5.74) is 0. The van der Waals surface area contributed by atoms with E-state index in [1.165, 1.54) is 6.92 Å². The first kappa shape index (κ1) is 11.5. The summed E-state index contributed by atoms with van der Waals surface area (Å²) < 4.78 is 33.3. The molecule has 0 radical (unpaired) electrons. The van der Waals surface area contributed by atoms with Gasteiger partial charge in [-0.1, -0.05) is 0 Å². The second kappa shape index (κ2) is 5.23. The van der Waals surface area contributed by atoms with Gasteiger partial charge in [0, 0.05) is 6.42 Å². The zero-order valence-electron chi connectivity index (χ0n) is 6.82. The molecule has 0 aliphatic carbocycles. The Kier molecular flexibility index (Phi) is 5.03. The minimum absolute atomic E-state index is 0.0122. The van der Waals surface area contributed by atoms with Gasteiger partial charge in [-0.15, -0.1) is 0 Å². The zero-order chi connectivity index (χ0) is 9.61. The first-order valence-electron chi connectivity index (χ1n) is 3.44. The second-order valence-corrected chi connectivity index (χ2v) is 3.92. The molecule has 1 N–H and O–H groups in total. The van der Waals surface area contributed by atoms with Gasteiger partial charge < -0.3 is 4.74 Å². The van der Waals surface area contributed by atoms with Crippen molar-refractivity contribution < 1.29 is 22.5 Å². The largest absolute Gasteiger partial charge is 0.380 e. The van der Waals surface area contributed by atoms with Crippen LogP contribution in [-0.2, 0) is 19.6 Å². The molecule has 0 saturated carbocycles. The van der Waals surface area contributed by atoms with Gasteiger partial charge in [-0.05, 0) is 6.92 Å². The van der Waals surface area contributed by atoms with Crippen LogP contribution in [0.3, 0.4) is 0 Å². The van der Waals surface area contributed by atoms with E-state index in [4.69, 9.17) is 9.29 Å². The smallest absolute Gasteiger partial charge is 0.267 e. The number of hydrogen-bond acceptors (Lipinski definition) is 4. The normalized spacial score (nSPS) is 11.5. The summed E-state index contributed by atoms with van der Waals surface area (Å²) in [4.78, 5) is 10.4. The summed E-state index contributed by atoms with van der Waals surface area (Å²) in [6, 6.07) is 0. The second-order valence-electron chi connectivity index (χ2n) is 2.35. The topological polar surface area (TPSA) is 80.7 Å². The molecule has 5 nitrogen and oxygen atoms in total. The van der Waals surface area contributed by atoms with Gasteiger partial charge in [-0.2, -0.15) is 8.42 Å². The predicted molar refractivity (Wildman–Crippen MR) is 42.5 cm³/mol. The first-order chi connectivity index (χ1) is 5.42. The van der Waals surface area contributed by atoms with Gasteiger partial charge in [0.15, 0.2) is 0 Å². The van der Waals surface area contributed by atoms with Gasteiger partial charge >= 0.3 is 0 Å². The van der Waals surface area contributed by atoms with E-state index in [1.54, 1.807) is 0 Å². The van der Waals surface area contributed by atoms with Crippen molar-refractivity contribution >= 4 is 15.9 Å². The third kappa shape index (κ3) is 9.54. The molecule has 0 aliphatic heterocycles. The van der Waals surface area contributed by atoms with Crippen LogP contribution in [0, 0.1) is 0 Å². The van der Waals surface area contributed by atoms with E-state index in [0.29, 0.717) is 0 Å². The van der Waals surface area contributed by atoms with Gasteiger partial charge in [-0.25, -0.2) is 0 Å². The number of hydrogen-bond donors (Lipinski definition) is 1. The first-order valence-corrected chi connectivity index (χ1v) is 5.05. The van der Waals surface area contributed by atoms with Crippen LogP contribution in [0.2, 0.25) is 0 Å². The molecular weight excluding hydrogens is 184 g/mol. The monoisotopic (exact) mass is 196 g/mol. The quantitative estimate of drug-likeness (QED) is 0.472. The molecule has 0 aliphatic rings. The third-order valence-corrected chi connectivity index (χ3v) is 1.77. The number of rotatable bonds is 6. The number of Topliss-reactive ketones (excluding diaryl/α,β-unsaturated/α-hetero) is 1. The molecule has 0 aromatic heterocycles. The van der Waals surface area contributed by atoms with Crippen LogP contribution in [-0.4, -0.2) is 37.7 Å². The van der Waals surface area contributed by atoms with Crippen LogP contribution in [0.4, 0.5) is 0 Å². The van der Waals surface area contributed by atoms with Crippen LogP contribution < -0.4 is 0 Å². The van der Waals surface area contributed by atoms with Crippen LogP contribution in [0.5, 0.6) is 0 Å². The van der Waals surface area contributed by atoms with Crippen molar-refractivity contribution in [3.63, 3.8) is 0 Å². The summed E-state index contributed by atoms with van der Waals surface area (Å²) in [5.74, 6) is -0.438. The fourth-order valence-corrected chi connectivity index (χ4v) is 0.811. The fraction of sp³-hybridized carbons (Fsp3) is 0.833. The Morgan fingerprint density at radius 2 is 2.00 bits per heavy atom. The Morgan fingerprint density at radius 1 is 1.42 bits per heavy atom. The molecule has 0 amide bonds. The molecule has 0 bridgehead atoms. The van der Waals surface area contributed by atoms with Gasteiger partial charge in [0.1, 0.15) is 5.78 Å². The third-order valence-electron chi connectivity index (χ3n) is 1.08. The lowest BCUT2D eigenvalue weighted by Gasteiger charge is -1.99. The van der Waals surface area contributed by atoms with Gasteiger partial charge in [0.05, 0.1) is 19.0 Å². The highest BCUT2D eigenvalue weighted by Crippen LogP contribution is 1.87. The van der Waals surface area contributed by atoms with Crippen molar-refractivity contribution in [3.8, 4) is 0 Å². The minimum atomic E-state index is -3.93. The highest BCUT2D eigenvalue weighted by molar-refractivity contribution is 7.85. The van der Waals surface area contributed by atoms with Crippen LogP contribution >= 0.6 is 0 Å². The summed E-state index contributed by atoms with van der Waals surface area (Å²) in [6.07, 6.45) is 0.269. The Morgan fingerprint density at radius 3 is 2.42 bits per heavy atom. The molecule has 6 heteroatoms. The van der Waals surface area contributed by atoms with E-state index in [2.05, 4.69) is 0 Å². The molecule has 0 aromatic carbocycles. The standard InChI is InChI=1S/C6H12O5S/c1-6(7)2-3-11-4-5-12(8,9)10/h2-5H2,1H3,(H,8,9,10). The average Bonchev–Trinajstić information content (AvgIpc) is 1.83. The van der Waals surface area contributed by atoms with E-state index in [0.717, 1.165) is 0 Å². The zero-order valence-corrected chi connectivity index (χ0v) is 7.63. The maximum atomic E-state index is 10.4. The van der Waals surface area contributed by atoms with Crippen LogP contribution in [0.15, 0.2) is 0 Å². The number of carbonyl (C=O) groups is 1. The molecule has 72 valence electrons. The highest BCUT2D eigenvalue weighted by Gasteiger charge is 2.03. The summed E-state index contributed by atoms with van der Waals surface area (Å²) >= 11 is 0. The molecule has 12 heavy (non-hydrogen) atoms. The van der Waals surface area contributed by atoms with Crippen LogP contribution in [0.25, 0.3) is 0 Å². The number of carbonyl (C=O) groups excluding carboxylic acids is 1. The maximum absolute atomic E-state index is 10.4. The summed E-state index contributed by atoms with van der Waals surface area (Å²) in [5, 5.41) is 0. The van der Waals surface area contributed by atoms with Gasteiger partial charge in [0.25, 0.3) is 10.1 Å². The molecule has 0 unspecified atom stereocenters. The van der Waals surface area contributed by atoms with E-state index in [1.807, 2.05) is 0 Å². The highest BCUT2D eigenvalue weighted by atomic mass is 32.2. The van der Waals surface area contributed by atoms with E-state index in [-0.39, 0.29) is 25.4 Å². The molecule has 0 rings (SSSR count). The minimum Gasteiger partial charge on any atom is -0.380 e. The maximum Gasteiger partial charge on any atom is 0.267 e.